The van der Waals surface area contributed by atoms with Crippen LogP contribution in [0.15, 0.2) is 59.0 Å². The molecule has 0 saturated carbocycles. The van der Waals surface area contributed by atoms with Crippen LogP contribution in [0.5, 0.6) is 0 Å². The first-order valence-corrected chi connectivity index (χ1v) is 14.1. The van der Waals surface area contributed by atoms with E-state index in [9.17, 15) is 24.2 Å². The van der Waals surface area contributed by atoms with Crippen LogP contribution in [0, 0.1) is 0 Å². The average Bonchev–Trinajstić information content (AvgIpc) is 2.87. The van der Waals surface area contributed by atoms with Crippen LogP contribution in [0.2, 0.25) is 0 Å². The molecule has 39 heavy (non-hydrogen) atoms. The molecule has 1 atom stereocenters. The molecule has 2 aliphatic rings. The zero-order chi connectivity index (χ0) is 28.5. The number of rotatable bonds is 8. The predicted octanol–water partition coefficient (Wildman–Crippen LogP) is 2.93. The molecule has 10 nitrogen and oxygen atoms in total. The Hall–Kier alpha value is -3.98. The van der Waals surface area contributed by atoms with E-state index in [-0.39, 0.29) is 24.3 Å². The molecule has 0 saturated heterocycles. The Morgan fingerprint density at radius 3 is 2.44 bits per heavy atom. The summed E-state index contributed by atoms with van der Waals surface area (Å²) in [6, 6.07) is 15.9. The molecule has 0 radical (unpaired) electrons. The first kappa shape index (κ1) is 28.0. The van der Waals surface area contributed by atoms with Crippen LogP contribution in [-0.2, 0) is 9.09 Å². The van der Waals surface area contributed by atoms with Gasteiger partial charge in [0.15, 0.2) is 0 Å². The van der Waals surface area contributed by atoms with E-state index in [1.165, 1.54) is 6.07 Å². The third-order valence-electron chi connectivity index (χ3n) is 6.22. The molecule has 1 heterocycles. The minimum Gasteiger partial charge on any atom is -0.779 e. The smallest absolute Gasteiger partial charge is 0.336 e. The number of carboxylic acids is 1. The molecule has 0 aromatic heterocycles. The normalized spacial score (nSPS) is 12.8. The lowest BCUT2D eigenvalue weighted by Gasteiger charge is -2.19. The quantitative estimate of drug-likeness (QED) is 0.148. The fourth-order valence-corrected chi connectivity index (χ4v) is 4.70. The number of benzene rings is 3. The first-order valence-electron chi connectivity index (χ1n) is 12.1. The number of anilines is 1. The standard InChI is InChI=1S/C28H30N3O7P/c1-30(2)18-7-10-21-24(15-18)38-25-16-19(31(3)4)8-11-22(25)26(21)20-9-6-17(14-23(20)28(33)34)27(32)29-12-13-37-39(5,35)36/h6-11,14-16H,12-13H2,1-5H3,(H2-,29,32,33,34,35,36). The van der Waals surface area contributed by atoms with Crippen molar-refractivity contribution in [3.8, 4) is 22.5 Å². The number of hydrogen-bond acceptors (Lipinski definition) is 7. The van der Waals surface area contributed by atoms with E-state index in [1.54, 1.807) is 12.1 Å². The van der Waals surface area contributed by atoms with Crippen molar-refractivity contribution in [2.45, 2.75) is 0 Å². The van der Waals surface area contributed by atoms with Crippen molar-refractivity contribution < 1.29 is 33.1 Å². The number of aromatic carboxylic acids is 1. The fraction of sp³-hybridized carbons (Fsp3) is 0.250. The zero-order valence-corrected chi connectivity index (χ0v) is 23.2. The summed E-state index contributed by atoms with van der Waals surface area (Å²) in [4.78, 5) is 38.2. The van der Waals surface area contributed by atoms with Gasteiger partial charge in [-0.05, 0) is 35.9 Å². The Bertz CT molecular complexity index is 1670. The van der Waals surface area contributed by atoms with Crippen molar-refractivity contribution in [2.24, 2.45) is 0 Å². The Morgan fingerprint density at radius 1 is 1.08 bits per heavy atom. The Kier molecular flexibility index (Phi) is 7.92. The Labute approximate surface area is 225 Å². The molecule has 2 aromatic carbocycles. The van der Waals surface area contributed by atoms with Gasteiger partial charge in [0.25, 0.3) is 5.91 Å². The van der Waals surface area contributed by atoms with E-state index < -0.39 is 19.5 Å². The summed E-state index contributed by atoms with van der Waals surface area (Å²) >= 11 is 0. The van der Waals surface area contributed by atoms with E-state index in [0.717, 1.165) is 28.7 Å². The highest BCUT2D eigenvalue weighted by molar-refractivity contribution is 7.50. The van der Waals surface area contributed by atoms with Crippen molar-refractivity contribution in [1.82, 2.24) is 9.89 Å². The maximum Gasteiger partial charge on any atom is 0.336 e. The summed E-state index contributed by atoms with van der Waals surface area (Å²) < 4.78 is 24.1. The number of fused-ring (bicyclic) bond motifs is 2. The van der Waals surface area contributed by atoms with Gasteiger partial charge in [0, 0.05) is 67.2 Å². The second-order valence-electron chi connectivity index (χ2n) is 9.55. The van der Waals surface area contributed by atoms with Gasteiger partial charge in [-0.2, -0.15) is 0 Å². The highest BCUT2D eigenvalue weighted by Gasteiger charge is 2.23. The second-order valence-corrected chi connectivity index (χ2v) is 11.4. The summed E-state index contributed by atoms with van der Waals surface area (Å²) in [7, 11) is 3.79. The lowest BCUT2D eigenvalue weighted by Crippen LogP contribution is -2.27. The van der Waals surface area contributed by atoms with Crippen LogP contribution < -0.4 is 25.0 Å². The number of amides is 1. The van der Waals surface area contributed by atoms with Gasteiger partial charge in [0.2, 0.25) is 5.36 Å². The molecular weight excluding hydrogens is 521 g/mol. The van der Waals surface area contributed by atoms with Gasteiger partial charge >= 0.3 is 5.97 Å². The lowest BCUT2D eigenvalue weighted by atomic mass is 9.89. The molecule has 204 valence electrons. The molecule has 4 rings (SSSR count). The third-order valence-corrected chi connectivity index (χ3v) is 6.87. The lowest BCUT2D eigenvalue weighted by molar-refractivity contribution is -0.196. The maximum atomic E-state index is 12.7. The van der Waals surface area contributed by atoms with E-state index in [2.05, 4.69) is 9.84 Å². The molecule has 1 amide bonds. The molecule has 0 fully saturated rings. The van der Waals surface area contributed by atoms with Crippen LogP contribution in [-0.4, -0.2) is 65.0 Å². The van der Waals surface area contributed by atoms with Crippen molar-refractivity contribution in [3.63, 3.8) is 0 Å². The summed E-state index contributed by atoms with van der Waals surface area (Å²) in [5, 5.41) is 14.4. The number of hydrogen-bond donors (Lipinski definition) is 2. The highest BCUT2D eigenvalue weighted by atomic mass is 31.2. The van der Waals surface area contributed by atoms with E-state index in [4.69, 9.17) is 4.42 Å². The third kappa shape index (κ3) is 6.20. The van der Waals surface area contributed by atoms with Gasteiger partial charge in [0.05, 0.1) is 18.2 Å². The first-order chi connectivity index (χ1) is 18.4. The van der Waals surface area contributed by atoms with Gasteiger partial charge in [-0.25, -0.2) is 9.37 Å². The van der Waals surface area contributed by atoms with Crippen molar-refractivity contribution >= 4 is 36.1 Å². The molecular formula is C28H30N3O7P. The molecule has 2 aromatic rings. The molecule has 11 heteroatoms. The summed E-state index contributed by atoms with van der Waals surface area (Å²) in [5.74, 6) is -1.16. The maximum absolute atomic E-state index is 12.7. The predicted molar refractivity (Wildman–Crippen MR) is 148 cm³/mol. The number of nitrogens with one attached hydrogen (secondary N) is 1. The monoisotopic (exact) mass is 551 g/mol. The minimum absolute atomic E-state index is 0.0546. The average molecular weight is 552 g/mol. The highest BCUT2D eigenvalue weighted by Crippen LogP contribution is 2.42. The summed E-state index contributed by atoms with van der Waals surface area (Å²) in [6.45, 7) is 0.669. The van der Waals surface area contributed by atoms with Crippen molar-refractivity contribution in [3.05, 3.63) is 71.1 Å². The van der Waals surface area contributed by atoms with Crippen molar-refractivity contribution in [1.29, 1.82) is 0 Å². The molecule has 0 bridgehead atoms. The van der Waals surface area contributed by atoms with E-state index in [1.807, 2.05) is 74.1 Å². The number of carboxylic acid groups (broad SMARTS) is 1. The Morgan fingerprint density at radius 2 is 1.79 bits per heavy atom. The van der Waals surface area contributed by atoms with Gasteiger partial charge in [-0.1, -0.05) is 6.07 Å². The second kappa shape index (κ2) is 11.0. The molecule has 1 aliphatic heterocycles. The van der Waals surface area contributed by atoms with Gasteiger partial charge in [-0.3, -0.25) is 4.79 Å². The van der Waals surface area contributed by atoms with E-state index in [0.29, 0.717) is 22.5 Å². The molecule has 0 spiro atoms. The van der Waals surface area contributed by atoms with E-state index >= 15 is 0 Å². The minimum atomic E-state index is -3.91. The fourth-order valence-electron chi connectivity index (χ4n) is 4.27. The van der Waals surface area contributed by atoms with Gasteiger partial charge in [0.1, 0.15) is 33.0 Å². The summed E-state index contributed by atoms with van der Waals surface area (Å²) in [6.07, 6.45) is 0. The topological polar surface area (TPSA) is 135 Å². The molecule has 1 unspecified atom stereocenters. The molecule has 1 aliphatic carbocycles. The van der Waals surface area contributed by atoms with Crippen LogP contribution in [0.25, 0.3) is 33.4 Å². The Balaban J connectivity index is 1.87. The number of carbonyl (C=O) groups excluding carboxylic acids is 1. The van der Waals surface area contributed by atoms with Crippen LogP contribution in [0.1, 0.15) is 20.7 Å². The van der Waals surface area contributed by atoms with Crippen LogP contribution in [0.4, 0.5) is 5.69 Å². The largest absolute Gasteiger partial charge is 0.779 e. The van der Waals surface area contributed by atoms with Crippen LogP contribution in [0.3, 0.4) is 0 Å². The van der Waals surface area contributed by atoms with Crippen LogP contribution >= 0.6 is 7.60 Å². The zero-order valence-electron chi connectivity index (χ0n) is 22.3. The SMILES string of the molecule is CN(C)c1ccc2c(-c3ccc(C(=O)NCCOP(C)(=O)[O-])cc3C(=O)O)c3ccc(=[N+](C)C)cc-3oc2c1. The number of nitrogens with zero attached hydrogens (tertiary/aromatic N) is 2. The van der Waals surface area contributed by atoms with Gasteiger partial charge < -0.3 is 33.7 Å². The van der Waals surface area contributed by atoms with Gasteiger partial charge in [-0.15, -0.1) is 0 Å². The number of carbonyl (C=O) groups is 2. The van der Waals surface area contributed by atoms with Crippen molar-refractivity contribution in [2.75, 3.05) is 52.9 Å². The summed E-state index contributed by atoms with van der Waals surface area (Å²) in [5.41, 5.74) is 3.41. The molecule has 2 N–H and O–H groups in total.